The molecular weight excluding hydrogens is 206 g/mol. The first-order chi connectivity index (χ1) is 7.50. The number of carbonyl (C=O) groups excluding carboxylic acids is 1. The van der Waals surface area contributed by atoms with Gasteiger partial charge in [-0.2, -0.15) is 0 Å². The average molecular weight is 223 g/mol. The standard InChI is InChI=1S/C11H17N3O2/c1-8(2)13-11(16)12-7-9-5-4-6-14(3)10(9)15/h4-6,8H,7H2,1-3H3,(H2,12,13,16). The maximum Gasteiger partial charge on any atom is 0.315 e. The summed E-state index contributed by atoms with van der Waals surface area (Å²) in [7, 11) is 1.68. The Balaban J connectivity index is 2.58. The van der Waals surface area contributed by atoms with Crippen molar-refractivity contribution in [3.8, 4) is 0 Å². The van der Waals surface area contributed by atoms with E-state index in [9.17, 15) is 9.59 Å². The van der Waals surface area contributed by atoms with Gasteiger partial charge in [-0.3, -0.25) is 4.79 Å². The molecule has 2 N–H and O–H groups in total. The minimum absolute atomic E-state index is 0.0820. The fourth-order valence-corrected chi connectivity index (χ4v) is 1.28. The third kappa shape index (κ3) is 3.42. The minimum atomic E-state index is -0.263. The first kappa shape index (κ1) is 12.3. The lowest BCUT2D eigenvalue weighted by Crippen LogP contribution is -2.40. The molecule has 2 amide bonds. The number of nitrogens with zero attached hydrogens (tertiary/aromatic N) is 1. The molecule has 1 heterocycles. The van der Waals surface area contributed by atoms with Crippen molar-refractivity contribution in [1.82, 2.24) is 15.2 Å². The van der Waals surface area contributed by atoms with Gasteiger partial charge in [0.1, 0.15) is 0 Å². The number of rotatable bonds is 3. The molecule has 0 unspecified atom stereocenters. The predicted molar refractivity (Wildman–Crippen MR) is 62.2 cm³/mol. The lowest BCUT2D eigenvalue weighted by atomic mass is 10.3. The van der Waals surface area contributed by atoms with Crippen LogP contribution in [0.5, 0.6) is 0 Å². The Morgan fingerprint density at radius 2 is 2.19 bits per heavy atom. The highest BCUT2D eigenvalue weighted by atomic mass is 16.2. The number of urea groups is 1. The second-order valence-electron chi connectivity index (χ2n) is 3.93. The van der Waals surface area contributed by atoms with Gasteiger partial charge in [0.25, 0.3) is 5.56 Å². The van der Waals surface area contributed by atoms with E-state index in [4.69, 9.17) is 0 Å². The van der Waals surface area contributed by atoms with Crippen LogP contribution < -0.4 is 16.2 Å². The molecule has 0 aliphatic rings. The number of aromatic nitrogens is 1. The summed E-state index contributed by atoms with van der Waals surface area (Å²) in [6.45, 7) is 3.99. The van der Waals surface area contributed by atoms with E-state index in [-0.39, 0.29) is 24.2 Å². The van der Waals surface area contributed by atoms with Crippen LogP contribution in [0.3, 0.4) is 0 Å². The fraction of sp³-hybridized carbons (Fsp3) is 0.455. The summed E-state index contributed by atoms with van der Waals surface area (Å²) in [6, 6.07) is 3.30. The molecule has 16 heavy (non-hydrogen) atoms. The highest BCUT2D eigenvalue weighted by molar-refractivity contribution is 5.74. The highest BCUT2D eigenvalue weighted by Gasteiger charge is 2.04. The molecule has 88 valence electrons. The smallest absolute Gasteiger partial charge is 0.315 e. The Kier molecular flexibility index (Phi) is 4.10. The predicted octanol–water partition coefficient (Wildman–Crippen LogP) is 0.593. The summed E-state index contributed by atoms with van der Waals surface area (Å²) in [5.74, 6) is 0. The average Bonchev–Trinajstić information content (AvgIpc) is 2.19. The second kappa shape index (κ2) is 5.34. The van der Waals surface area contributed by atoms with Crippen molar-refractivity contribution >= 4 is 6.03 Å². The molecule has 0 atom stereocenters. The third-order valence-corrected chi connectivity index (χ3v) is 2.06. The summed E-state index contributed by atoms with van der Waals surface area (Å²) < 4.78 is 1.48. The van der Waals surface area contributed by atoms with Crippen molar-refractivity contribution in [3.05, 3.63) is 34.2 Å². The van der Waals surface area contributed by atoms with E-state index < -0.39 is 0 Å². The van der Waals surface area contributed by atoms with Gasteiger partial charge in [-0.15, -0.1) is 0 Å². The van der Waals surface area contributed by atoms with Crippen LogP contribution in [-0.4, -0.2) is 16.6 Å². The van der Waals surface area contributed by atoms with Gasteiger partial charge in [-0.05, 0) is 19.9 Å². The summed E-state index contributed by atoms with van der Waals surface area (Å²) in [6.07, 6.45) is 1.68. The molecule has 0 fully saturated rings. The monoisotopic (exact) mass is 223 g/mol. The molecule has 0 saturated carbocycles. The Hall–Kier alpha value is -1.78. The quantitative estimate of drug-likeness (QED) is 0.788. The molecule has 0 aliphatic carbocycles. The van der Waals surface area contributed by atoms with Crippen LogP contribution in [-0.2, 0) is 13.6 Å². The van der Waals surface area contributed by atoms with Crippen LogP contribution in [0.25, 0.3) is 0 Å². The van der Waals surface area contributed by atoms with Crippen molar-refractivity contribution in [3.63, 3.8) is 0 Å². The SMILES string of the molecule is CC(C)NC(=O)NCc1cccn(C)c1=O. The van der Waals surface area contributed by atoms with E-state index in [2.05, 4.69) is 10.6 Å². The number of hydrogen-bond acceptors (Lipinski definition) is 2. The van der Waals surface area contributed by atoms with Gasteiger partial charge in [0.15, 0.2) is 0 Å². The number of amides is 2. The lowest BCUT2D eigenvalue weighted by Gasteiger charge is -2.10. The zero-order valence-corrected chi connectivity index (χ0v) is 9.78. The Morgan fingerprint density at radius 3 is 2.81 bits per heavy atom. The Morgan fingerprint density at radius 1 is 1.50 bits per heavy atom. The number of nitrogens with one attached hydrogen (secondary N) is 2. The van der Waals surface area contributed by atoms with Crippen molar-refractivity contribution in [2.45, 2.75) is 26.4 Å². The number of hydrogen-bond donors (Lipinski definition) is 2. The zero-order chi connectivity index (χ0) is 12.1. The maximum absolute atomic E-state index is 11.6. The summed E-state index contributed by atoms with van der Waals surface area (Å²) in [5.41, 5.74) is 0.483. The minimum Gasteiger partial charge on any atom is -0.336 e. The number of pyridine rings is 1. The molecule has 0 aliphatic heterocycles. The van der Waals surface area contributed by atoms with E-state index in [0.717, 1.165) is 0 Å². The molecule has 1 aromatic rings. The summed E-state index contributed by atoms with van der Waals surface area (Å²) in [5, 5.41) is 5.32. The van der Waals surface area contributed by atoms with E-state index >= 15 is 0 Å². The van der Waals surface area contributed by atoms with Crippen LogP contribution in [0, 0.1) is 0 Å². The van der Waals surface area contributed by atoms with Crippen molar-refractivity contribution in [2.24, 2.45) is 7.05 Å². The molecule has 1 rings (SSSR count). The highest BCUT2D eigenvalue weighted by Crippen LogP contribution is 1.90. The van der Waals surface area contributed by atoms with Crippen LogP contribution in [0.15, 0.2) is 23.1 Å². The second-order valence-corrected chi connectivity index (χ2v) is 3.93. The van der Waals surface area contributed by atoms with Gasteiger partial charge < -0.3 is 15.2 Å². The molecule has 0 spiro atoms. The van der Waals surface area contributed by atoms with Gasteiger partial charge in [-0.1, -0.05) is 6.07 Å². The normalized spacial score (nSPS) is 10.2. The first-order valence-corrected chi connectivity index (χ1v) is 5.19. The lowest BCUT2D eigenvalue weighted by molar-refractivity contribution is 0.238. The summed E-state index contributed by atoms with van der Waals surface area (Å²) in [4.78, 5) is 22.9. The molecule has 0 saturated heterocycles. The van der Waals surface area contributed by atoms with Crippen molar-refractivity contribution < 1.29 is 4.79 Å². The number of carbonyl (C=O) groups is 1. The molecule has 0 bridgehead atoms. The molecule has 5 heteroatoms. The van der Waals surface area contributed by atoms with Crippen molar-refractivity contribution in [2.75, 3.05) is 0 Å². The molecule has 0 radical (unpaired) electrons. The van der Waals surface area contributed by atoms with Gasteiger partial charge in [0.2, 0.25) is 0 Å². The molecule has 0 aromatic carbocycles. The zero-order valence-electron chi connectivity index (χ0n) is 9.78. The van der Waals surface area contributed by atoms with Crippen LogP contribution in [0.4, 0.5) is 4.79 Å². The Bertz CT molecular complexity index is 423. The molecule has 1 aromatic heterocycles. The number of aryl methyl sites for hydroxylation is 1. The Labute approximate surface area is 94.5 Å². The van der Waals surface area contributed by atoms with Crippen molar-refractivity contribution in [1.29, 1.82) is 0 Å². The topological polar surface area (TPSA) is 63.1 Å². The van der Waals surface area contributed by atoms with Gasteiger partial charge >= 0.3 is 6.03 Å². The first-order valence-electron chi connectivity index (χ1n) is 5.19. The van der Waals surface area contributed by atoms with E-state index in [1.807, 2.05) is 13.8 Å². The summed E-state index contributed by atoms with van der Waals surface area (Å²) >= 11 is 0. The van der Waals surface area contributed by atoms with Crippen LogP contribution in [0.1, 0.15) is 19.4 Å². The van der Waals surface area contributed by atoms with Gasteiger partial charge in [-0.25, -0.2) is 4.79 Å². The van der Waals surface area contributed by atoms with Gasteiger partial charge in [0, 0.05) is 31.4 Å². The van der Waals surface area contributed by atoms with Crippen LogP contribution >= 0.6 is 0 Å². The van der Waals surface area contributed by atoms with Gasteiger partial charge in [0.05, 0.1) is 0 Å². The van der Waals surface area contributed by atoms with E-state index in [1.165, 1.54) is 4.57 Å². The third-order valence-electron chi connectivity index (χ3n) is 2.06. The molecule has 5 nitrogen and oxygen atoms in total. The largest absolute Gasteiger partial charge is 0.336 e. The fourth-order valence-electron chi connectivity index (χ4n) is 1.28. The van der Waals surface area contributed by atoms with E-state index in [0.29, 0.717) is 5.56 Å². The van der Waals surface area contributed by atoms with E-state index in [1.54, 1.807) is 25.4 Å². The molecular formula is C11H17N3O2. The van der Waals surface area contributed by atoms with Crippen LogP contribution in [0.2, 0.25) is 0 Å². The maximum atomic E-state index is 11.6.